The fraction of sp³-hybridized carbons (Fsp3) is 0.250. The third-order valence-electron chi connectivity index (χ3n) is 6.37. The number of fused-ring (bicyclic) bond motifs is 3. The van der Waals surface area contributed by atoms with Crippen molar-refractivity contribution in [3.8, 4) is 5.75 Å². The molecule has 35 heavy (non-hydrogen) atoms. The van der Waals surface area contributed by atoms with Crippen molar-refractivity contribution < 1.29 is 27.5 Å². The summed E-state index contributed by atoms with van der Waals surface area (Å²) in [5.41, 5.74) is 1.73. The van der Waals surface area contributed by atoms with E-state index in [-0.39, 0.29) is 0 Å². The van der Waals surface area contributed by atoms with Crippen LogP contribution in [0.4, 0.5) is 17.6 Å². The van der Waals surface area contributed by atoms with Gasteiger partial charge in [-0.2, -0.15) is 13.2 Å². The maximum absolute atomic E-state index is 14.5. The Morgan fingerprint density at radius 2 is 1.89 bits per heavy atom. The summed E-state index contributed by atoms with van der Waals surface area (Å²) >= 11 is 1.48. The molecule has 11 heteroatoms. The van der Waals surface area contributed by atoms with Gasteiger partial charge >= 0.3 is 6.18 Å². The van der Waals surface area contributed by atoms with E-state index >= 15 is 0 Å². The summed E-state index contributed by atoms with van der Waals surface area (Å²) < 4.78 is 57.0. The number of nitrogens with one attached hydrogen (secondary N) is 1. The zero-order valence-electron chi connectivity index (χ0n) is 18.4. The fourth-order valence-electron chi connectivity index (χ4n) is 4.49. The lowest BCUT2D eigenvalue weighted by Crippen LogP contribution is -2.60. The molecule has 0 saturated heterocycles. The first-order valence-corrected chi connectivity index (χ1v) is 11.7. The number of aromatic nitrogens is 1. The van der Waals surface area contributed by atoms with E-state index in [1.165, 1.54) is 45.8 Å². The molecule has 2 aromatic carbocycles. The molecule has 3 aromatic rings. The number of rotatable bonds is 2. The molecule has 0 saturated carbocycles. The van der Waals surface area contributed by atoms with Gasteiger partial charge in [0.1, 0.15) is 18.5 Å². The number of aromatic hydroxyl groups is 1. The Morgan fingerprint density at radius 3 is 2.63 bits per heavy atom. The van der Waals surface area contributed by atoms with E-state index in [2.05, 4.69) is 0 Å². The Hall–Kier alpha value is -3.47. The molecule has 1 unspecified atom stereocenters. The molecule has 2 aliphatic rings. The van der Waals surface area contributed by atoms with Crippen LogP contribution in [-0.2, 0) is 5.75 Å². The number of amides is 1. The number of benzene rings is 2. The summed E-state index contributed by atoms with van der Waals surface area (Å²) in [5, 5.41) is 19.6. The quantitative estimate of drug-likeness (QED) is 0.504. The summed E-state index contributed by atoms with van der Waals surface area (Å²) in [7, 11) is 0. The number of carbonyl (C=O) groups excluding carboxylic acids is 1. The maximum atomic E-state index is 14.5. The lowest BCUT2D eigenvalue weighted by atomic mass is 9.94. The molecular formula is C24H20F4N4O2S. The Balaban J connectivity index is 1.79. The number of alkyl halides is 3. The van der Waals surface area contributed by atoms with Crippen molar-refractivity contribution in [3.63, 3.8) is 0 Å². The van der Waals surface area contributed by atoms with E-state index in [0.717, 1.165) is 22.9 Å². The van der Waals surface area contributed by atoms with E-state index in [1.54, 1.807) is 12.1 Å². The zero-order valence-corrected chi connectivity index (χ0v) is 19.2. The highest BCUT2D eigenvalue weighted by atomic mass is 32.2. The van der Waals surface area contributed by atoms with Gasteiger partial charge in [0, 0.05) is 16.8 Å². The van der Waals surface area contributed by atoms with Gasteiger partial charge in [-0.1, -0.05) is 24.3 Å². The molecule has 3 heterocycles. The average molecular weight is 505 g/mol. The molecule has 2 atom stereocenters. The minimum absolute atomic E-state index is 0.394. The van der Waals surface area contributed by atoms with Crippen molar-refractivity contribution in [2.75, 3.05) is 11.7 Å². The van der Waals surface area contributed by atoms with E-state index in [9.17, 15) is 27.5 Å². The largest absolute Gasteiger partial charge is 0.504 e. The van der Waals surface area contributed by atoms with Gasteiger partial charge in [-0.15, -0.1) is 11.8 Å². The second-order valence-electron chi connectivity index (χ2n) is 8.42. The fourth-order valence-corrected chi connectivity index (χ4v) is 5.57. The first-order valence-electron chi connectivity index (χ1n) is 10.7. The number of carbonyl (C=O) groups is 1. The lowest BCUT2D eigenvalue weighted by Gasteiger charge is -2.46. The van der Waals surface area contributed by atoms with Gasteiger partial charge in [-0.3, -0.25) is 19.9 Å². The molecular weight excluding hydrogens is 484 g/mol. The second kappa shape index (κ2) is 8.33. The first-order chi connectivity index (χ1) is 16.6. The highest BCUT2D eigenvalue weighted by Crippen LogP contribution is 2.43. The molecule has 182 valence electrons. The number of pyridine rings is 1. The highest BCUT2D eigenvalue weighted by molar-refractivity contribution is 7.98. The zero-order chi connectivity index (χ0) is 25.1. The first kappa shape index (κ1) is 23.3. The van der Waals surface area contributed by atoms with Gasteiger partial charge in [0.05, 0.1) is 11.4 Å². The van der Waals surface area contributed by atoms with E-state index < -0.39 is 53.5 Å². The molecule has 5 rings (SSSR count). The van der Waals surface area contributed by atoms with Gasteiger partial charge < -0.3 is 10.0 Å². The van der Waals surface area contributed by atoms with Crippen LogP contribution >= 0.6 is 11.8 Å². The number of nitrogens with zero attached hydrogens (tertiary/aromatic N) is 3. The number of hydrogen-bond acceptors (Lipinski definition) is 5. The average Bonchev–Trinajstić information content (AvgIpc) is 2.97. The second-order valence-corrected chi connectivity index (χ2v) is 9.43. The Bertz CT molecular complexity index is 1390. The minimum atomic E-state index is -4.72. The van der Waals surface area contributed by atoms with Gasteiger partial charge in [0.15, 0.2) is 11.4 Å². The normalized spacial score (nSPS) is 18.4. The van der Waals surface area contributed by atoms with E-state index in [1.807, 2.05) is 18.2 Å². The molecule has 6 nitrogen and oxygen atoms in total. The molecule has 0 aliphatic carbocycles. The molecule has 1 amide bonds. The van der Waals surface area contributed by atoms with Crippen molar-refractivity contribution in [2.45, 2.75) is 35.8 Å². The minimum Gasteiger partial charge on any atom is -0.504 e. The third-order valence-corrected chi connectivity index (χ3v) is 7.51. The van der Waals surface area contributed by atoms with Crippen LogP contribution in [0.25, 0.3) is 0 Å². The lowest BCUT2D eigenvalue weighted by molar-refractivity contribution is -0.173. The Morgan fingerprint density at radius 1 is 1.14 bits per heavy atom. The number of halogens is 4. The van der Waals surface area contributed by atoms with Gasteiger partial charge in [-0.25, -0.2) is 4.39 Å². The van der Waals surface area contributed by atoms with Crippen LogP contribution in [-0.4, -0.2) is 39.5 Å². The topological polar surface area (TPSA) is 72.6 Å². The van der Waals surface area contributed by atoms with Crippen molar-refractivity contribution in [2.24, 2.45) is 0 Å². The predicted octanol–water partition coefficient (Wildman–Crippen LogP) is 4.51. The summed E-state index contributed by atoms with van der Waals surface area (Å²) in [6, 6.07) is 10.0. The van der Waals surface area contributed by atoms with Crippen LogP contribution in [0.3, 0.4) is 0 Å². The van der Waals surface area contributed by atoms with Crippen LogP contribution in [0.15, 0.2) is 59.6 Å². The van der Waals surface area contributed by atoms with Crippen molar-refractivity contribution >= 4 is 17.7 Å². The Kier molecular flexibility index (Phi) is 5.54. The van der Waals surface area contributed by atoms with Gasteiger partial charge in [0.2, 0.25) is 0 Å². The molecule has 0 radical (unpaired) electrons. The van der Waals surface area contributed by atoms with Crippen LogP contribution in [0.5, 0.6) is 5.75 Å². The van der Waals surface area contributed by atoms with Crippen LogP contribution in [0.2, 0.25) is 0 Å². The summed E-state index contributed by atoms with van der Waals surface area (Å²) in [6.45, 7) is 0.394. The number of thioether (sulfide) groups is 1. The molecule has 2 N–H and O–H groups in total. The molecule has 1 aromatic heterocycles. The predicted molar refractivity (Wildman–Crippen MR) is 121 cm³/mol. The van der Waals surface area contributed by atoms with E-state index in [4.69, 9.17) is 5.41 Å². The molecule has 0 bridgehead atoms. The van der Waals surface area contributed by atoms with Gasteiger partial charge in [-0.05, 0) is 47.9 Å². The Labute approximate surface area is 201 Å². The van der Waals surface area contributed by atoms with Crippen LogP contribution in [0, 0.1) is 11.2 Å². The molecule has 2 aliphatic heterocycles. The molecule has 0 fully saturated rings. The summed E-state index contributed by atoms with van der Waals surface area (Å²) in [5.74, 6) is -1.71. The van der Waals surface area contributed by atoms with Crippen molar-refractivity contribution in [3.05, 3.63) is 88.3 Å². The SMILES string of the molecule is C[C@@H](N1CN(C2c3ccccc3CSc3ccc(F)cc32)n2ccc(=N)c(O)c2C1=O)C(F)(F)F. The van der Waals surface area contributed by atoms with Crippen molar-refractivity contribution in [1.82, 2.24) is 9.58 Å². The number of hydrogen-bond donors (Lipinski definition) is 2. The summed E-state index contributed by atoms with van der Waals surface area (Å²) in [4.78, 5) is 14.6. The van der Waals surface area contributed by atoms with E-state index in [0.29, 0.717) is 16.2 Å². The monoisotopic (exact) mass is 504 g/mol. The molecule has 0 spiro atoms. The maximum Gasteiger partial charge on any atom is 0.408 e. The van der Waals surface area contributed by atoms with Crippen LogP contribution in [0.1, 0.15) is 40.1 Å². The van der Waals surface area contributed by atoms with Crippen LogP contribution < -0.4 is 10.4 Å². The third kappa shape index (κ3) is 3.83. The summed E-state index contributed by atoms with van der Waals surface area (Å²) in [6.07, 6.45) is -3.36. The van der Waals surface area contributed by atoms with Crippen molar-refractivity contribution in [1.29, 1.82) is 5.41 Å². The van der Waals surface area contributed by atoms with Gasteiger partial charge in [0.25, 0.3) is 5.91 Å². The highest BCUT2D eigenvalue weighted by Gasteiger charge is 2.47. The smallest absolute Gasteiger partial charge is 0.408 e. The standard InChI is InChI=1S/C24H20F4N4O2S/c1-13(24(26,27)28)30-12-32(31-9-8-18(29)22(33)21(31)23(30)34)20-16-5-3-2-4-14(16)11-35-19-7-6-15(25)10-17(19)20/h2-10,13,20,29,33H,11-12H2,1H3/t13-,20?/m1/s1.